The molecule has 2 heterocycles. The van der Waals surface area contributed by atoms with E-state index in [-0.39, 0.29) is 12.2 Å². The Morgan fingerprint density at radius 1 is 1.04 bits per heavy atom. The minimum absolute atomic E-state index is 0.303. The van der Waals surface area contributed by atoms with Crippen molar-refractivity contribution < 1.29 is 19.1 Å². The molecule has 2 amide bonds. The molecule has 0 aliphatic heterocycles. The number of rotatable bonds is 5. The van der Waals surface area contributed by atoms with Crippen LogP contribution in [0.25, 0.3) is 11.0 Å². The molecular formula is C18H18N4O5. The highest BCUT2D eigenvalue weighted by Gasteiger charge is 2.17. The quantitative estimate of drug-likeness (QED) is 0.645. The molecule has 3 aromatic rings. The number of carbonyl (C=O) groups excluding carboxylic acids is 3. The summed E-state index contributed by atoms with van der Waals surface area (Å²) < 4.78 is 9.14. The second-order valence-corrected chi connectivity index (χ2v) is 5.96. The molecule has 2 aromatic heterocycles. The number of nitrogens with zero attached hydrogens (tertiary/aromatic N) is 3. The molecule has 0 aliphatic rings. The molecule has 0 atom stereocenters. The highest BCUT2D eigenvalue weighted by atomic mass is 16.5. The monoisotopic (exact) mass is 370 g/mol. The van der Waals surface area contributed by atoms with Crippen LogP contribution in [0.3, 0.4) is 0 Å². The first-order valence-corrected chi connectivity index (χ1v) is 8.14. The van der Waals surface area contributed by atoms with Crippen LogP contribution in [0.2, 0.25) is 0 Å². The van der Waals surface area contributed by atoms with Gasteiger partial charge in [0.1, 0.15) is 12.2 Å². The van der Waals surface area contributed by atoms with Gasteiger partial charge in [0, 0.05) is 20.3 Å². The first kappa shape index (κ1) is 18.2. The fourth-order valence-electron chi connectivity index (χ4n) is 2.76. The van der Waals surface area contributed by atoms with Gasteiger partial charge >= 0.3 is 11.7 Å². The van der Waals surface area contributed by atoms with E-state index < -0.39 is 24.4 Å². The standard InChI is InChI=1S/C18H18N4O5/c1-20-9-5-8-14(20)17(25)19-15(23)11-27-16(24)10-22-13-7-4-3-6-12(13)21(2)18(22)26/h3-9H,10-11H2,1-2H3,(H,19,23,25). The largest absolute Gasteiger partial charge is 0.454 e. The zero-order valence-electron chi connectivity index (χ0n) is 14.8. The number of imide groups is 1. The van der Waals surface area contributed by atoms with Gasteiger partial charge < -0.3 is 9.30 Å². The van der Waals surface area contributed by atoms with Crippen LogP contribution in [-0.4, -0.2) is 38.1 Å². The van der Waals surface area contributed by atoms with Crippen LogP contribution in [0, 0.1) is 0 Å². The highest BCUT2D eigenvalue weighted by Crippen LogP contribution is 2.11. The molecule has 27 heavy (non-hydrogen) atoms. The molecule has 0 saturated heterocycles. The van der Waals surface area contributed by atoms with Crippen molar-refractivity contribution in [3.8, 4) is 0 Å². The van der Waals surface area contributed by atoms with Gasteiger partial charge in [0.15, 0.2) is 6.61 Å². The van der Waals surface area contributed by atoms with Crippen molar-refractivity contribution in [3.05, 3.63) is 58.8 Å². The van der Waals surface area contributed by atoms with Gasteiger partial charge in [0.05, 0.1) is 11.0 Å². The van der Waals surface area contributed by atoms with Gasteiger partial charge in [0.25, 0.3) is 11.8 Å². The number of amides is 2. The summed E-state index contributed by atoms with van der Waals surface area (Å²) in [5.74, 6) is -2.09. The Bertz CT molecular complexity index is 1090. The normalized spacial score (nSPS) is 10.7. The number of para-hydroxylation sites is 2. The van der Waals surface area contributed by atoms with E-state index in [0.29, 0.717) is 16.7 Å². The molecular weight excluding hydrogens is 352 g/mol. The summed E-state index contributed by atoms with van der Waals surface area (Å²) in [6, 6.07) is 10.3. The number of benzene rings is 1. The SMILES string of the molecule is Cn1cccc1C(=O)NC(=O)COC(=O)Cn1c(=O)n(C)c2ccccc21. The van der Waals surface area contributed by atoms with Crippen LogP contribution < -0.4 is 11.0 Å². The molecule has 0 radical (unpaired) electrons. The Balaban J connectivity index is 1.60. The van der Waals surface area contributed by atoms with Crippen molar-refractivity contribution in [3.63, 3.8) is 0 Å². The molecule has 0 fully saturated rings. The van der Waals surface area contributed by atoms with Gasteiger partial charge in [-0.25, -0.2) is 4.79 Å². The molecule has 140 valence electrons. The van der Waals surface area contributed by atoms with Gasteiger partial charge in [-0.3, -0.25) is 28.8 Å². The van der Waals surface area contributed by atoms with E-state index in [4.69, 9.17) is 4.74 Å². The number of ether oxygens (including phenoxy) is 1. The lowest BCUT2D eigenvalue weighted by atomic mass is 10.3. The number of carbonyl (C=O) groups is 3. The molecule has 0 spiro atoms. The average molecular weight is 370 g/mol. The lowest BCUT2D eigenvalue weighted by Gasteiger charge is -2.07. The molecule has 9 heteroatoms. The third-order valence-electron chi connectivity index (χ3n) is 4.13. The van der Waals surface area contributed by atoms with Crippen LogP contribution >= 0.6 is 0 Å². The second-order valence-electron chi connectivity index (χ2n) is 5.96. The fraction of sp³-hybridized carbons (Fsp3) is 0.222. The average Bonchev–Trinajstić information content (AvgIpc) is 3.18. The fourth-order valence-corrected chi connectivity index (χ4v) is 2.76. The van der Waals surface area contributed by atoms with Crippen LogP contribution in [0.15, 0.2) is 47.4 Å². The summed E-state index contributed by atoms with van der Waals surface area (Å²) in [5, 5.41) is 2.14. The van der Waals surface area contributed by atoms with Gasteiger partial charge in [-0.05, 0) is 24.3 Å². The first-order chi connectivity index (χ1) is 12.9. The molecule has 9 nitrogen and oxygen atoms in total. The third-order valence-corrected chi connectivity index (χ3v) is 4.13. The maximum atomic E-state index is 12.3. The summed E-state index contributed by atoms with van der Waals surface area (Å²) >= 11 is 0. The zero-order valence-corrected chi connectivity index (χ0v) is 14.8. The Morgan fingerprint density at radius 2 is 1.74 bits per heavy atom. The summed E-state index contributed by atoms with van der Waals surface area (Å²) in [5.41, 5.74) is 1.21. The molecule has 1 N–H and O–H groups in total. The van der Waals surface area contributed by atoms with Crippen molar-refractivity contribution in [1.82, 2.24) is 19.0 Å². The minimum atomic E-state index is -0.755. The maximum Gasteiger partial charge on any atom is 0.329 e. The predicted molar refractivity (Wildman–Crippen MR) is 96.0 cm³/mol. The van der Waals surface area contributed by atoms with Gasteiger partial charge in [-0.1, -0.05) is 12.1 Å². The number of aryl methyl sites for hydroxylation is 2. The highest BCUT2D eigenvalue weighted by molar-refractivity contribution is 6.04. The van der Waals surface area contributed by atoms with E-state index in [1.165, 1.54) is 9.13 Å². The van der Waals surface area contributed by atoms with E-state index >= 15 is 0 Å². The Hall–Kier alpha value is -3.62. The van der Waals surface area contributed by atoms with Crippen molar-refractivity contribution in [2.24, 2.45) is 14.1 Å². The third kappa shape index (κ3) is 3.66. The Kier molecular flexibility index (Phi) is 4.93. The Morgan fingerprint density at radius 3 is 2.41 bits per heavy atom. The molecule has 0 aliphatic carbocycles. The second kappa shape index (κ2) is 7.32. The summed E-state index contributed by atoms with van der Waals surface area (Å²) in [6.07, 6.45) is 1.67. The summed E-state index contributed by atoms with van der Waals surface area (Å²) in [6.45, 7) is -0.951. The van der Waals surface area contributed by atoms with E-state index in [2.05, 4.69) is 5.32 Å². The van der Waals surface area contributed by atoms with Crippen molar-refractivity contribution in [1.29, 1.82) is 0 Å². The van der Waals surface area contributed by atoms with Crippen molar-refractivity contribution in [2.75, 3.05) is 6.61 Å². The lowest BCUT2D eigenvalue weighted by molar-refractivity contribution is -0.148. The van der Waals surface area contributed by atoms with E-state index in [1.54, 1.807) is 61.3 Å². The number of imidazole rings is 1. The van der Waals surface area contributed by atoms with Crippen molar-refractivity contribution >= 4 is 28.8 Å². The van der Waals surface area contributed by atoms with Crippen LogP contribution in [0.4, 0.5) is 0 Å². The van der Waals surface area contributed by atoms with Gasteiger partial charge in [0.2, 0.25) is 0 Å². The topological polar surface area (TPSA) is 104 Å². The summed E-state index contributed by atoms with van der Waals surface area (Å²) in [4.78, 5) is 48.0. The molecule has 0 saturated carbocycles. The van der Waals surface area contributed by atoms with Crippen LogP contribution in [0.5, 0.6) is 0 Å². The van der Waals surface area contributed by atoms with E-state index in [1.807, 2.05) is 0 Å². The zero-order chi connectivity index (χ0) is 19.6. The first-order valence-electron chi connectivity index (χ1n) is 8.14. The predicted octanol–water partition coefficient (Wildman–Crippen LogP) is 0.178. The van der Waals surface area contributed by atoms with Gasteiger partial charge in [-0.15, -0.1) is 0 Å². The van der Waals surface area contributed by atoms with E-state index in [9.17, 15) is 19.2 Å². The smallest absolute Gasteiger partial charge is 0.329 e. The molecule has 0 unspecified atom stereocenters. The van der Waals surface area contributed by atoms with Crippen LogP contribution in [-0.2, 0) is 35.0 Å². The molecule has 0 bridgehead atoms. The number of fused-ring (bicyclic) bond motifs is 1. The van der Waals surface area contributed by atoms with E-state index in [0.717, 1.165) is 0 Å². The summed E-state index contributed by atoms with van der Waals surface area (Å²) in [7, 11) is 3.27. The Labute approximate surface area is 153 Å². The van der Waals surface area contributed by atoms with Crippen LogP contribution in [0.1, 0.15) is 10.5 Å². The number of nitrogens with one attached hydrogen (secondary N) is 1. The maximum absolute atomic E-state index is 12.3. The van der Waals surface area contributed by atoms with Crippen molar-refractivity contribution in [2.45, 2.75) is 6.54 Å². The number of hydrogen-bond donors (Lipinski definition) is 1. The lowest BCUT2D eigenvalue weighted by Crippen LogP contribution is -2.35. The molecule has 3 rings (SSSR count). The number of hydrogen-bond acceptors (Lipinski definition) is 5. The number of esters is 1. The number of aromatic nitrogens is 3. The minimum Gasteiger partial charge on any atom is -0.454 e. The molecule has 1 aromatic carbocycles. The van der Waals surface area contributed by atoms with Gasteiger partial charge in [-0.2, -0.15) is 0 Å².